The fraction of sp³-hybridized carbons (Fsp3) is 0.769. The van der Waals surface area contributed by atoms with Gasteiger partial charge in [0.25, 0.3) is 0 Å². The van der Waals surface area contributed by atoms with Gasteiger partial charge >= 0.3 is 0 Å². The molecule has 0 fully saturated rings. The zero-order valence-corrected chi connectivity index (χ0v) is 12.8. The van der Waals surface area contributed by atoms with Gasteiger partial charge in [0.05, 0.1) is 17.8 Å². The van der Waals surface area contributed by atoms with Gasteiger partial charge in [0, 0.05) is 32.2 Å². The minimum absolute atomic E-state index is 0.141. The average Bonchev–Trinajstić information content (AvgIpc) is 2.68. The quantitative estimate of drug-likeness (QED) is 0.737. The molecular formula is C13H24N2O2S. The molecule has 1 atom stereocenters. The van der Waals surface area contributed by atoms with Crippen LogP contribution in [-0.2, 0) is 15.0 Å². The predicted molar refractivity (Wildman–Crippen MR) is 75.3 cm³/mol. The van der Waals surface area contributed by atoms with E-state index in [4.69, 9.17) is 9.47 Å². The minimum Gasteiger partial charge on any atom is -0.385 e. The largest absolute Gasteiger partial charge is 0.385 e. The Bertz CT molecular complexity index is 348. The van der Waals surface area contributed by atoms with Crippen LogP contribution in [0.15, 0.2) is 0 Å². The van der Waals surface area contributed by atoms with Gasteiger partial charge in [0.1, 0.15) is 5.01 Å². The number of ether oxygens (including phenoxy) is 2. The van der Waals surface area contributed by atoms with Crippen LogP contribution in [0.25, 0.3) is 0 Å². The van der Waals surface area contributed by atoms with E-state index in [0.29, 0.717) is 13.2 Å². The lowest BCUT2D eigenvalue weighted by atomic mass is 9.99. The van der Waals surface area contributed by atoms with Gasteiger partial charge in [0.2, 0.25) is 0 Å². The van der Waals surface area contributed by atoms with Crippen LogP contribution < -0.4 is 5.32 Å². The van der Waals surface area contributed by atoms with Crippen LogP contribution in [0.5, 0.6) is 0 Å². The lowest BCUT2D eigenvalue weighted by Crippen LogP contribution is -2.42. The van der Waals surface area contributed by atoms with Crippen LogP contribution in [0.2, 0.25) is 0 Å². The first-order valence-electron chi connectivity index (χ1n) is 6.21. The lowest BCUT2D eigenvalue weighted by molar-refractivity contribution is 0.146. The molecule has 1 heterocycles. The molecule has 1 aromatic heterocycles. The first kappa shape index (κ1) is 15.6. The van der Waals surface area contributed by atoms with E-state index in [1.54, 1.807) is 25.6 Å². The third-order valence-corrected chi connectivity index (χ3v) is 4.46. The van der Waals surface area contributed by atoms with Gasteiger partial charge in [-0.25, -0.2) is 4.98 Å². The van der Waals surface area contributed by atoms with Crippen LogP contribution in [0.1, 0.15) is 28.9 Å². The Morgan fingerprint density at radius 2 is 1.89 bits per heavy atom. The van der Waals surface area contributed by atoms with Crippen molar-refractivity contribution in [1.82, 2.24) is 10.3 Å². The Hall–Kier alpha value is -0.490. The molecule has 1 unspecified atom stereocenters. The smallest absolute Gasteiger partial charge is 0.113 e. The summed E-state index contributed by atoms with van der Waals surface area (Å²) in [7, 11) is 3.44. The third kappa shape index (κ3) is 4.02. The summed E-state index contributed by atoms with van der Waals surface area (Å²) in [6, 6.07) is 0. The van der Waals surface area contributed by atoms with Gasteiger partial charge in [-0.15, -0.1) is 11.3 Å². The fourth-order valence-corrected chi connectivity index (χ4v) is 2.78. The number of nitrogens with zero attached hydrogens (tertiary/aromatic N) is 1. The number of hydrogen-bond acceptors (Lipinski definition) is 5. The molecule has 1 rings (SSSR count). The van der Waals surface area contributed by atoms with Crippen LogP contribution in [0.3, 0.4) is 0 Å². The first-order valence-corrected chi connectivity index (χ1v) is 7.02. The number of aromatic nitrogens is 1. The summed E-state index contributed by atoms with van der Waals surface area (Å²) < 4.78 is 10.3. The first-order chi connectivity index (χ1) is 8.53. The Kier molecular flexibility index (Phi) is 6.21. The molecular weight excluding hydrogens is 248 g/mol. The predicted octanol–water partition coefficient (Wildman–Crippen LogP) is 2.25. The second-order valence-corrected chi connectivity index (χ2v) is 5.86. The highest BCUT2D eigenvalue weighted by molar-refractivity contribution is 7.11. The van der Waals surface area contributed by atoms with Crippen LogP contribution in [-0.4, -0.2) is 39.0 Å². The van der Waals surface area contributed by atoms with E-state index in [9.17, 15) is 0 Å². The standard InChI is InChI=1S/C13H24N2O2S/c1-10-11(2)18-12(15-10)13(3,6-8-16-4)14-7-9-17-5/h14H,6-9H2,1-5H3. The molecule has 18 heavy (non-hydrogen) atoms. The monoisotopic (exact) mass is 272 g/mol. The van der Waals surface area contributed by atoms with Gasteiger partial charge in [-0.05, 0) is 27.2 Å². The Labute approximate surface area is 114 Å². The zero-order chi connectivity index (χ0) is 13.6. The van der Waals surface area contributed by atoms with Crippen molar-refractivity contribution in [2.45, 2.75) is 32.7 Å². The number of rotatable bonds is 8. The molecule has 1 aromatic rings. The molecule has 0 saturated heterocycles. The molecule has 104 valence electrons. The van der Waals surface area contributed by atoms with Gasteiger partial charge in [-0.3, -0.25) is 0 Å². The average molecular weight is 272 g/mol. The van der Waals surface area contributed by atoms with Crippen LogP contribution >= 0.6 is 11.3 Å². The Morgan fingerprint density at radius 1 is 1.22 bits per heavy atom. The summed E-state index contributed by atoms with van der Waals surface area (Å²) in [6.45, 7) is 8.58. The van der Waals surface area contributed by atoms with Crippen molar-refractivity contribution in [1.29, 1.82) is 0 Å². The number of thiazole rings is 1. The summed E-state index contributed by atoms with van der Waals surface area (Å²) in [5, 5.41) is 4.66. The third-order valence-electron chi connectivity index (χ3n) is 3.13. The van der Waals surface area contributed by atoms with Crippen molar-refractivity contribution in [3.63, 3.8) is 0 Å². The van der Waals surface area contributed by atoms with Crippen LogP contribution in [0, 0.1) is 13.8 Å². The van der Waals surface area contributed by atoms with Crippen molar-refractivity contribution in [2.24, 2.45) is 0 Å². The van der Waals surface area contributed by atoms with E-state index in [0.717, 1.165) is 23.7 Å². The maximum absolute atomic E-state index is 5.21. The number of aryl methyl sites for hydroxylation is 2. The van der Waals surface area contributed by atoms with Crippen molar-refractivity contribution >= 4 is 11.3 Å². The summed E-state index contributed by atoms with van der Waals surface area (Å²) >= 11 is 1.76. The second kappa shape index (κ2) is 7.19. The highest BCUT2D eigenvalue weighted by Crippen LogP contribution is 2.30. The highest BCUT2D eigenvalue weighted by Gasteiger charge is 2.29. The highest BCUT2D eigenvalue weighted by atomic mass is 32.1. The van der Waals surface area contributed by atoms with E-state index >= 15 is 0 Å². The molecule has 0 saturated carbocycles. The van der Waals surface area contributed by atoms with E-state index in [1.807, 2.05) is 0 Å². The van der Waals surface area contributed by atoms with Crippen LogP contribution in [0.4, 0.5) is 0 Å². The topological polar surface area (TPSA) is 43.4 Å². The van der Waals surface area contributed by atoms with Crippen molar-refractivity contribution < 1.29 is 9.47 Å². The normalized spacial score (nSPS) is 14.7. The molecule has 1 N–H and O–H groups in total. The Balaban J connectivity index is 2.81. The molecule has 0 aliphatic carbocycles. The number of nitrogens with one attached hydrogen (secondary N) is 1. The van der Waals surface area contributed by atoms with E-state index < -0.39 is 0 Å². The van der Waals surface area contributed by atoms with Gasteiger partial charge in [-0.2, -0.15) is 0 Å². The number of hydrogen-bond donors (Lipinski definition) is 1. The lowest BCUT2D eigenvalue weighted by Gasteiger charge is -2.28. The van der Waals surface area contributed by atoms with E-state index in [2.05, 4.69) is 31.1 Å². The summed E-state index contributed by atoms with van der Waals surface area (Å²) in [4.78, 5) is 5.95. The van der Waals surface area contributed by atoms with Crippen molar-refractivity contribution in [3.05, 3.63) is 15.6 Å². The van der Waals surface area contributed by atoms with E-state index in [-0.39, 0.29) is 5.54 Å². The Morgan fingerprint density at radius 3 is 2.39 bits per heavy atom. The van der Waals surface area contributed by atoms with E-state index in [1.165, 1.54) is 4.88 Å². The van der Waals surface area contributed by atoms with Gasteiger partial charge in [-0.1, -0.05) is 0 Å². The number of methoxy groups -OCH3 is 2. The molecule has 0 aliphatic heterocycles. The maximum Gasteiger partial charge on any atom is 0.113 e. The molecule has 0 bridgehead atoms. The molecule has 0 radical (unpaired) electrons. The molecule has 0 amide bonds. The molecule has 5 heteroatoms. The summed E-state index contributed by atoms with van der Waals surface area (Å²) in [6.07, 6.45) is 0.902. The molecule has 0 aromatic carbocycles. The van der Waals surface area contributed by atoms with Gasteiger partial charge < -0.3 is 14.8 Å². The fourth-order valence-electron chi connectivity index (χ4n) is 1.71. The van der Waals surface area contributed by atoms with Crippen molar-refractivity contribution in [2.75, 3.05) is 34.0 Å². The molecule has 0 aliphatic rings. The van der Waals surface area contributed by atoms with Crippen molar-refractivity contribution in [3.8, 4) is 0 Å². The summed E-state index contributed by atoms with van der Waals surface area (Å²) in [5.41, 5.74) is 0.977. The summed E-state index contributed by atoms with van der Waals surface area (Å²) in [5.74, 6) is 0. The molecule has 4 nitrogen and oxygen atoms in total. The second-order valence-electron chi connectivity index (χ2n) is 4.66. The van der Waals surface area contributed by atoms with Gasteiger partial charge in [0.15, 0.2) is 0 Å². The minimum atomic E-state index is -0.141. The SMILES string of the molecule is COCCNC(C)(CCOC)c1nc(C)c(C)s1. The zero-order valence-electron chi connectivity index (χ0n) is 12.0. The molecule has 0 spiro atoms. The maximum atomic E-state index is 5.21.